The summed E-state index contributed by atoms with van der Waals surface area (Å²) < 4.78 is 0. The van der Waals surface area contributed by atoms with Gasteiger partial charge in [-0.3, -0.25) is 9.69 Å². The summed E-state index contributed by atoms with van der Waals surface area (Å²) in [5, 5.41) is 9.61. The number of fused-ring (bicyclic) bond motifs is 1. The molecule has 0 saturated heterocycles. The average molecular weight is 289 g/mol. The third-order valence-corrected chi connectivity index (χ3v) is 3.67. The molecule has 1 aromatic heterocycles. The zero-order valence-electron chi connectivity index (χ0n) is 12.9. The van der Waals surface area contributed by atoms with Gasteiger partial charge in [-0.2, -0.15) is 0 Å². The first-order chi connectivity index (χ1) is 10.0. The van der Waals surface area contributed by atoms with E-state index in [0.717, 1.165) is 24.0 Å². The fraction of sp³-hybridized carbons (Fsp3) is 0.500. The minimum atomic E-state index is -0.0930. The Morgan fingerprint density at radius 3 is 2.81 bits per heavy atom. The number of H-pyrrole nitrogens is 1. The fourth-order valence-electron chi connectivity index (χ4n) is 2.41. The van der Waals surface area contributed by atoms with E-state index < -0.39 is 0 Å². The van der Waals surface area contributed by atoms with E-state index in [9.17, 15) is 4.79 Å². The number of nitrogens with zero attached hydrogens (tertiary/aromatic N) is 2. The van der Waals surface area contributed by atoms with Crippen molar-refractivity contribution in [2.75, 3.05) is 13.2 Å². The van der Waals surface area contributed by atoms with Gasteiger partial charge in [0.05, 0.1) is 17.4 Å². The maximum atomic E-state index is 12.2. The van der Waals surface area contributed by atoms with Crippen LogP contribution in [0.4, 0.5) is 0 Å². The molecule has 0 saturated carbocycles. The minimum Gasteiger partial charge on any atom is -0.396 e. The van der Waals surface area contributed by atoms with Gasteiger partial charge in [-0.25, -0.2) is 4.98 Å². The number of hydrogen-bond acceptors (Lipinski definition) is 4. The van der Waals surface area contributed by atoms with Crippen LogP contribution in [0, 0.1) is 6.92 Å². The number of aromatic amines is 1. The Bertz CT molecular complexity index is 664. The number of benzene rings is 1. The van der Waals surface area contributed by atoms with Crippen LogP contribution >= 0.6 is 0 Å². The standard InChI is InChI=1S/C16H23N3O2/c1-11(2)19(8-5-9-20)10-14-17-15-12(3)6-4-7-13(15)16(21)18-14/h4,6-7,11,20H,5,8-10H2,1-3H3,(H,17,18,21). The number of aryl methyl sites for hydroxylation is 1. The molecular weight excluding hydrogens is 266 g/mol. The maximum Gasteiger partial charge on any atom is 0.258 e. The number of aromatic nitrogens is 2. The second-order valence-corrected chi connectivity index (χ2v) is 5.63. The third-order valence-electron chi connectivity index (χ3n) is 3.67. The largest absolute Gasteiger partial charge is 0.396 e. The van der Waals surface area contributed by atoms with Crippen LogP contribution in [-0.4, -0.2) is 39.2 Å². The predicted molar refractivity (Wildman–Crippen MR) is 84.3 cm³/mol. The molecule has 0 aliphatic heterocycles. The molecule has 1 heterocycles. The molecular formula is C16H23N3O2. The van der Waals surface area contributed by atoms with Crippen molar-refractivity contribution in [3.8, 4) is 0 Å². The summed E-state index contributed by atoms with van der Waals surface area (Å²) in [6, 6.07) is 5.96. The van der Waals surface area contributed by atoms with Crippen LogP contribution < -0.4 is 5.56 Å². The van der Waals surface area contributed by atoms with Crippen LogP contribution in [0.3, 0.4) is 0 Å². The molecule has 5 nitrogen and oxygen atoms in total. The molecule has 2 N–H and O–H groups in total. The van der Waals surface area contributed by atoms with Crippen molar-refractivity contribution in [1.29, 1.82) is 0 Å². The summed E-state index contributed by atoms with van der Waals surface area (Å²) >= 11 is 0. The van der Waals surface area contributed by atoms with E-state index in [4.69, 9.17) is 5.11 Å². The van der Waals surface area contributed by atoms with Crippen molar-refractivity contribution in [2.24, 2.45) is 0 Å². The molecule has 0 aliphatic carbocycles. The van der Waals surface area contributed by atoms with E-state index in [2.05, 4.69) is 28.7 Å². The Kier molecular flexibility index (Phi) is 5.09. The molecule has 0 amide bonds. The van der Waals surface area contributed by atoms with Gasteiger partial charge in [-0.1, -0.05) is 12.1 Å². The topological polar surface area (TPSA) is 69.2 Å². The first kappa shape index (κ1) is 15.7. The van der Waals surface area contributed by atoms with E-state index >= 15 is 0 Å². The molecule has 0 unspecified atom stereocenters. The second kappa shape index (κ2) is 6.83. The molecule has 114 valence electrons. The minimum absolute atomic E-state index is 0.0930. The van der Waals surface area contributed by atoms with Crippen LogP contribution in [0.25, 0.3) is 10.9 Å². The van der Waals surface area contributed by atoms with Crippen LogP contribution in [-0.2, 0) is 6.54 Å². The van der Waals surface area contributed by atoms with Crippen LogP contribution in [0.1, 0.15) is 31.7 Å². The number of nitrogens with one attached hydrogen (secondary N) is 1. The maximum absolute atomic E-state index is 12.2. The molecule has 0 fully saturated rings. The number of aliphatic hydroxyl groups excluding tert-OH is 1. The lowest BCUT2D eigenvalue weighted by Crippen LogP contribution is -2.33. The monoisotopic (exact) mass is 289 g/mol. The SMILES string of the molecule is Cc1cccc2c(=O)[nH]c(CN(CCCO)C(C)C)nc12. The Labute approximate surface area is 124 Å². The lowest BCUT2D eigenvalue weighted by molar-refractivity contribution is 0.181. The Morgan fingerprint density at radius 1 is 1.38 bits per heavy atom. The molecule has 1 aromatic carbocycles. The normalized spacial score (nSPS) is 11.7. The van der Waals surface area contributed by atoms with Gasteiger partial charge >= 0.3 is 0 Å². The highest BCUT2D eigenvalue weighted by Gasteiger charge is 2.13. The van der Waals surface area contributed by atoms with Gasteiger partial charge in [-0.15, -0.1) is 0 Å². The van der Waals surface area contributed by atoms with Gasteiger partial charge in [0.2, 0.25) is 0 Å². The van der Waals surface area contributed by atoms with Gasteiger partial charge in [0.1, 0.15) is 5.82 Å². The van der Waals surface area contributed by atoms with Crippen molar-refractivity contribution in [1.82, 2.24) is 14.9 Å². The molecule has 21 heavy (non-hydrogen) atoms. The molecule has 0 aliphatic rings. The summed E-state index contributed by atoms with van der Waals surface area (Å²) in [7, 11) is 0. The lowest BCUT2D eigenvalue weighted by Gasteiger charge is -2.25. The van der Waals surface area contributed by atoms with E-state index in [1.807, 2.05) is 19.1 Å². The second-order valence-electron chi connectivity index (χ2n) is 5.63. The summed E-state index contributed by atoms with van der Waals surface area (Å²) in [5.41, 5.74) is 1.68. The van der Waals surface area contributed by atoms with Gasteiger partial charge in [-0.05, 0) is 38.8 Å². The molecule has 0 radical (unpaired) electrons. The van der Waals surface area contributed by atoms with Crippen molar-refractivity contribution < 1.29 is 5.11 Å². The van der Waals surface area contributed by atoms with Crippen molar-refractivity contribution in [3.05, 3.63) is 39.9 Å². The van der Waals surface area contributed by atoms with Crippen molar-refractivity contribution in [3.63, 3.8) is 0 Å². The van der Waals surface area contributed by atoms with Gasteiger partial charge in [0, 0.05) is 19.2 Å². The Morgan fingerprint density at radius 2 is 2.14 bits per heavy atom. The van der Waals surface area contributed by atoms with Crippen molar-refractivity contribution >= 4 is 10.9 Å². The van der Waals surface area contributed by atoms with E-state index in [1.54, 1.807) is 6.07 Å². The Balaban J connectivity index is 2.33. The van der Waals surface area contributed by atoms with Gasteiger partial charge in [0.15, 0.2) is 0 Å². The Hall–Kier alpha value is -1.72. The highest BCUT2D eigenvalue weighted by atomic mass is 16.3. The van der Waals surface area contributed by atoms with Crippen LogP contribution in [0.2, 0.25) is 0 Å². The zero-order chi connectivity index (χ0) is 15.4. The molecule has 0 spiro atoms. The molecule has 2 rings (SSSR count). The number of hydrogen-bond donors (Lipinski definition) is 2. The summed E-state index contributed by atoms with van der Waals surface area (Å²) in [5.74, 6) is 0.674. The predicted octanol–water partition coefficient (Wildman–Crippen LogP) is 1.82. The van der Waals surface area contributed by atoms with Crippen LogP contribution in [0.15, 0.2) is 23.0 Å². The lowest BCUT2D eigenvalue weighted by atomic mass is 10.1. The third kappa shape index (κ3) is 3.68. The molecule has 0 atom stereocenters. The van der Waals surface area contributed by atoms with Gasteiger partial charge < -0.3 is 10.1 Å². The highest BCUT2D eigenvalue weighted by Crippen LogP contribution is 2.13. The first-order valence-electron chi connectivity index (χ1n) is 7.36. The quantitative estimate of drug-likeness (QED) is 0.851. The molecule has 0 bridgehead atoms. The molecule has 2 aromatic rings. The number of rotatable bonds is 6. The smallest absolute Gasteiger partial charge is 0.258 e. The summed E-state index contributed by atoms with van der Waals surface area (Å²) in [6.45, 7) is 7.69. The first-order valence-corrected chi connectivity index (χ1v) is 7.36. The van der Waals surface area contributed by atoms with Crippen LogP contribution in [0.5, 0.6) is 0 Å². The summed E-state index contributed by atoms with van der Waals surface area (Å²) in [4.78, 5) is 21.8. The van der Waals surface area contributed by atoms with Gasteiger partial charge in [0.25, 0.3) is 5.56 Å². The zero-order valence-corrected chi connectivity index (χ0v) is 12.9. The summed E-state index contributed by atoms with van der Waals surface area (Å²) in [6.07, 6.45) is 0.717. The fourth-order valence-corrected chi connectivity index (χ4v) is 2.41. The number of para-hydroxylation sites is 1. The van der Waals surface area contributed by atoms with Crippen molar-refractivity contribution in [2.45, 2.75) is 39.8 Å². The average Bonchev–Trinajstić information content (AvgIpc) is 2.44. The number of aliphatic hydroxyl groups is 1. The van der Waals surface area contributed by atoms with E-state index in [0.29, 0.717) is 23.8 Å². The molecule has 5 heteroatoms. The van der Waals surface area contributed by atoms with E-state index in [-0.39, 0.29) is 12.2 Å². The van der Waals surface area contributed by atoms with E-state index in [1.165, 1.54) is 0 Å². The highest BCUT2D eigenvalue weighted by molar-refractivity contribution is 5.80.